The fourth-order valence-electron chi connectivity index (χ4n) is 3.19. The van der Waals surface area contributed by atoms with Gasteiger partial charge in [-0.3, -0.25) is 14.5 Å². The molecule has 2 aromatic carbocycles. The number of unbranched alkanes of at least 4 members (excludes halogenated alkanes) is 2. The fourth-order valence-corrected chi connectivity index (χ4v) is 4.50. The van der Waals surface area contributed by atoms with Crippen molar-refractivity contribution in [2.45, 2.75) is 39.2 Å². The third-order valence-corrected chi connectivity index (χ3v) is 6.34. The van der Waals surface area contributed by atoms with E-state index in [9.17, 15) is 9.59 Å². The van der Waals surface area contributed by atoms with Gasteiger partial charge in [0.1, 0.15) is 16.7 Å². The summed E-state index contributed by atoms with van der Waals surface area (Å²) >= 11 is 6.67. The van der Waals surface area contributed by atoms with E-state index in [0.29, 0.717) is 28.8 Å². The maximum atomic E-state index is 12.7. The number of thiocarbonyl (C=S) groups is 1. The molecule has 0 spiro atoms. The molecule has 0 unspecified atom stereocenters. The van der Waals surface area contributed by atoms with E-state index in [-0.39, 0.29) is 12.3 Å². The fraction of sp³-hybridized carbons (Fsp3) is 0.292. The van der Waals surface area contributed by atoms with Crippen LogP contribution in [-0.2, 0) is 16.2 Å². The third-order valence-electron chi connectivity index (χ3n) is 4.96. The molecule has 1 aliphatic rings. The number of hydrogen-bond donors (Lipinski definition) is 1. The molecule has 1 saturated heterocycles. The monoisotopic (exact) mass is 455 g/mol. The number of amides is 1. The van der Waals surface area contributed by atoms with Gasteiger partial charge in [-0.15, -0.1) is 0 Å². The number of aryl methyl sites for hydroxylation is 1. The van der Waals surface area contributed by atoms with Crippen molar-refractivity contribution >= 4 is 46.3 Å². The number of carboxylic acid groups (broad SMARTS) is 1. The van der Waals surface area contributed by atoms with Gasteiger partial charge in [0.2, 0.25) is 0 Å². The maximum Gasteiger partial charge on any atom is 0.303 e. The van der Waals surface area contributed by atoms with Gasteiger partial charge in [0.15, 0.2) is 0 Å². The minimum Gasteiger partial charge on any atom is -0.489 e. The number of benzene rings is 2. The van der Waals surface area contributed by atoms with Crippen molar-refractivity contribution in [2.75, 3.05) is 6.54 Å². The minimum atomic E-state index is -0.793. The molecule has 3 rings (SSSR count). The van der Waals surface area contributed by atoms with Crippen LogP contribution in [0.15, 0.2) is 53.4 Å². The normalized spacial score (nSPS) is 15.0. The molecule has 0 saturated carbocycles. The van der Waals surface area contributed by atoms with E-state index in [1.165, 1.54) is 17.3 Å². The molecule has 162 valence electrons. The molecule has 0 radical (unpaired) electrons. The number of thioether (sulfide) groups is 1. The summed E-state index contributed by atoms with van der Waals surface area (Å²) in [6.07, 6.45) is 4.08. The lowest BCUT2D eigenvalue weighted by molar-refractivity contribution is -0.137. The molecule has 7 heteroatoms. The number of carbonyl (C=O) groups excluding carboxylic acids is 1. The number of rotatable bonds is 10. The van der Waals surface area contributed by atoms with Crippen LogP contribution in [0.3, 0.4) is 0 Å². The third kappa shape index (κ3) is 6.67. The lowest BCUT2D eigenvalue weighted by Crippen LogP contribution is -2.29. The molecule has 1 amide bonds. The molecule has 31 heavy (non-hydrogen) atoms. The number of carbonyl (C=O) groups is 2. The van der Waals surface area contributed by atoms with E-state index in [2.05, 4.69) is 13.0 Å². The second kappa shape index (κ2) is 11.1. The molecular weight excluding hydrogens is 430 g/mol. The lowest BCUT2D eigenvalue weighted by Gasteiger charge is -2.13. The summed E-state index contributed by atoms with van der Waals surface area (Å²) in [5.74, 6) is -0.149. The van der Waals surface area contributed by atoms with Crippen LogP contribution in [0.1, 0.15) is 42.4 Å². The Morgan fingerprint density at radius 1 is 1.16 bits per heavy atom. The van der Waals surface area contributed by atoms with E-state index in [0.717, 1.165) is 29.7 Å². The SMILES string of the molecule is Cc1ccccc1COc1cccc(/C=C2/SC(=S)N(CCCCCC(=O)O)C2=O)c1. The molecule has 1 fully saturated rings. The first-order valence-electron chi connectivity index (χ1n) is 10.2. The molecule has 5 nitrogen and oxygen atoms in total. The van der Waals surface area contributed by atoms with Crippen LogP contribution in [0.25, 0.3) is 6.08 Å². The van der Waals surface area contributed by atoms with Crippen molar-refractivity contribution in [3.63, 3.8) is 0 Å². The van der Waals surface area contributed by atoms with Crippen LogP contribution in [0, 0.1) is 6.92 Å². The zero-order valence-corrected chi connectivity index (χ0v) is 19.0. The number of hydrogen-bond acceptors (Lipinski definition) is 5. The van der Waals surface area contributed by atoms with Gasteiger partial charge in [-0.25, -0.2) is 0 Å². The highest BCUT2D eigenvalue weighted by molar-refractivity contribution is 8.26. The standard InChI is InChI=1S/C24H25NO4S2/c1-17-8-4-5-10-19(17)16-29-20-11-7-9-18(14-20)15-21-23(28)25(24(30)31-21)13-6-2-3-12-22(26)27/h4-5,7-11,14-15H,2-3,6,12-13,16H2,1H3,(H,26,27)/b21-15+. The van der Waals surface area contributed by atoms with Gasteiger partial charge in [0, 0.05) is 13.0 Å². The summed E-state index contributed by atoms with van der Waals surface area (Å²) in [4.78, 5) is 25.5. The molecular formula is C24H25NO4S2. The largest absolute Gasteiger partial charge is 0.489 e. The molecule has 0 aromatic heterocycles. The summed E-state index contributed by atoms with van der Waals surface area (Å²) in [5, 5.41) is 8.70. The van der Waals surface area contributed by atoms with Crippen LogP contribution >= 0.6 is 24.0 Å². The Morgan fingerprint density at radius 2 is 1.97 bits per heavy atom. The first-order chi connectivity index (χ1) is 14.9. The zero-order valence-electron chi connectivity index (χ0n) is 17.4. The number of carboxylic acids is 1. The summed E-state index contributed by atoms with van der Waals surface area (Å²) < 4.78 is 6.48. The predicted octanol–water partition coefficient (Wildman–Crippen LogP) is 5.42. The molecule has 1 aliphatic heterocycles. The van der Waals surface area contributed by atoms with Crippen molar-refractivity contribution < 1.29 is 19.4 Å². The first-order valence-corrected chi connectivity index (χ1v) is 11.4. The van der Waals surface area contributed by atoms with Crippen LogP contribution in [0.2, 0.25) is 0 Å². The maximum absolute atomic E-state index is 12.7. The average Bonchev–Trinajstić information content (AvgIpc) is 3.00. The van der Waals surface area contributed by atoms with Crippen molar-refractivity contribution in [2.24, 2.45) is 0 Å². The van der Waals surface area contributed by atoms with Crippen LogP contribution in [0.5, 0.6) is 5.75 Å². The van der Waals surface area contributed by atoms with E-state index >= 15 is 0 Å². The Bertz CT molecular complexity index is 1000. The minimum absolute atomic E-state index is 0.0977. The lowest BCUT2D eigenvalue weighted by atomic mass is 10.1. The molecule has 0 bridgehead atoms. The first kappa shape index (κ1) is 23.0. The van der Waals surface area contributed by atoms with Gasteiger partial charge < -0.3 is 9.84 Å². The Hall–Kier alpha value is -2.64. The highest BCUT2D eigenvalue weighted by Gasteiger charge is 2.31. The van der Waals surface area contributed by atoms with Gasteiger partial charge >= 0.3 is 5.97 Å². The summed E-state index contributed by atoms with van der Waals surface area (Å²) in [5.41, 5.74) is 3.20. The average molecular weight is 456 g/mol. The van der Waals surface area contributed by atoms with Gasteiger partial charge in [-0.2, -0.15) is 0 Å². The number of ether oxygens (including phenoxy) is 1. The van der Waals surface area contributed by atoms with Crippen molar-refractivity contribution in [1.29, 1.82) is 0 Å². The highest BCUT2D eigenvalue weighted by Crippen LogP contribution is 2.33. The summed E-state index contributed by atoms with van der Waals surface area (Å²) in [6, 6.07) is 15.8. The summed E-state index contributed by atoms with van der Waals surface area (Å²) in [6.45, 7) is 3.06. The van der Waals surface area contributed by atoms with Gasteiger partial charge in [0.05, 0.1) is 4.91 Å². The van der Waals surface area contributed by atoms with Crippen molar-refractivity contribution in [3.05, 3.63) is 70.1 Å². The van der Waals surface area contributed by atoms with Crippen LogP contribution in [-0.4, -0.2) is 32.7 Å². The van der Waals surface area contributed by atoms with Gasteiger partial charge in [-0.05, 0) is 54.7 Å². The van der Waals surface area contributed by atoms with Gasteiger partial charge in [-0.1, -0.05) is 66.8 Å². The topological polar surface area (TPSA) is 66.8 Å². The van der Waals surface area contributed by atoms with Crippen molar-refractivity contribution in [1.82, 2.24) is 4.90 Å². The highest BCUT2D eigenvalue weighted by atomic mass is 32.2. The van der Waals surface area contributed by atoms with E-state index < -0.39 is 5.97 Å². The molecule has 2 aromatic rings. The van der Waals surface area contributed by atoms with E-state index in [1.807, 2.05) is 48.5 Å². The Balaban J connectivity index is 1.59. The Kier molecular flexibility index (Phi) is 8.26. The van der Waals surface area contributed by atoms with E-state index in [4.69, 9.17) is 22.1 Å². The zero-order chi connectivity index (χ0) is 22.2. The quantitative estimate of drug-likeness (QED) is 0.293. The Labute approximate surface area is 192 Å². The molecule has 1 heterocycles. The smallest absolute Gasteiger partial charge is 0.303 e. The van der Waals surface area contributed by atoms with E-state index in [1.54, 1.807) is 4.90 Å². The van der Waals surface area contributed by atoms with Gasteiger partial charge in [0.25, 0.3) is 5.91 Å². The van der Waals surface area contributed by atoms with Crippen molar-refractivity contribution in [3.8, 4) is 5.75 Å². The second-order valence-corrected chi connectivity index (χ2v) is 9.00. The number of nitrogens with zero attached hydrogens (tertiary/aromatic N) is 1. The predicted molar refractivity (Wildman–Crippen MR) is 128 cm³/mol. The molecule has 1 N–H and O–H groups in total. The molecule has 0 aliphatic carbocycles. The summed E-state index contributed by atoms with van der Waals surface area (Å²) in [7, 11) is 0. The van der Waals surface area contributed by atoms with Crippen LogP contribution in [0.4, 0.5) is 0 Å². The number of aliphatic carboxylic acids is 1. The molecule has 0 atom stereocenters. The van der Waals surface area contributed by atoms with Crippen LogP contribution < -0.4 is 4.74 Å². The Morgan fingerprint density at radius 3 is 2.74 bits per heavy atom. The second-order valence-electron chi connectivity index (χ2n) is 7.33.